The molecule has 1 amide bonds. The molecule has 45 heavy (non-hydrogen) atoms. The van der Waals surface area contributed by atoms with Crippen LogP contribution in [0.3, 0.4) is 0 Å². The number of hydrogen-bond acceptors (Lipinski definition) is 8. The Morgan fingerprint density at radius 3 is 2.71 bits per heavy atom. The summed E-state index contributed by atoms with van der Waals surface area (Å²) in [6.07, 6.45) is 8.07. The number of pyridine rings is 2. The Balaban J connectivity index is 1.25. The van der Waals surface area contributed by atoms with E-state index in [1.54, 1.807) is 44.8 Å². The molecule has 2 aliphatic heterocycles. The fraction of sp³-hybridized carbons (Fsp3) is 0.323. The van der Waals surface area contributed by atoms with Crippen molar-refractivity contribution < 1.29 is 18.5 Å². The van der Waals surface area contributed by atoms with Gasteiger partial charge < -0.3 is 19.9 Å². The average molecular weight is 673 g/mol. The number of hydrogen-bond donors (Lipinski definition) is 1. The van der Waals surface area contributed by atoms with E-state index in [9.17, 15) is 4.79 Å². The number of fused-ring (bicyclic) bond motifs is 2. The minimum absolute atomic E-state index is 0.136. The number of halogens is 2. The zero-order chi connectivity index (χ0) is 31.7. The monoisotopic (exact) mass is 672 g/mol. The number of amides is 1. The van der Waals surface area contributed by atoms with Gasteiger partial charge in [0.25, 0.3) is 5.91 Å². The highest BCUT2D eigenvalue weighted by molar-refractivity contribution is 9.10. The van der Waals surface area contributed by atoms with E-state index >= 15 is 4.39 Å². The summed E-state index contributed by atoms with van der Waals surface area (Å²) in [7, 11) is 1.15. The van der Waals surface area contributed by atoms with Gasteiger partial charge in [0.2, 0.25) is 5.95 Å². The van der Waals surface area contributed by atoms with Crippen molar-refractivity contribution in [1.29, 1.82) is 0 Å². The Morgan fingerprint density at radius 2 is 1.93 bits per heavy atom. The highest BCUT2D eigenvalue weighted by atomic mass is 79.9. The lowest BCUT2D eigenvalue weighted by molar-refractivity contribution is -0.00873. The molecule has 14 heteroatoms. The molecule has 0 radical (unpaired) electrons. The molecule has 4 aromatic heterocycles. The van der Waals surface area contributed by atoms with E-state index in [2.05, 4.69) is 36.1 Å². The largest absolute Gasteiger partial charge is 0.495 e. The number of anilines is 1. The van der Waals surface area contributed by atoms with Gasteiger partial charge in [0.1, 0.15) is 5.82 Å². The minimum atomic E-state index is -0.865. The highest BCUT2D eigenvalue weighted by Crippen LogP contribution is 2.42. The normalized spacial score (nSPS) is 19.5. The first-order valence-corrected chi connectivity index (χ1v) is 15.4. The predicted molar refractivity (Wildman–Crippen MR) is 170 cm³/mol. The quantitative estimate of drug-likeness (QED) is 0.271. The van der Waals surface area contributed by atoms with Gasteiger partial charge in [0, 0.05) is 61.6 Å². The molecular formula is C31H31BBrFN8O3. The molecule has 0 bridgehead atoms. The first kappa shape index (κ1) is 29.6. The molecule has 1 fully saturated rings. The molecule has 1 atom stereocenters. The van der Waals surface area contributed by atoms with Crippen LogP contribution in [0.2, 0.25) is 0 Å². The number of carbonyl (C=O) groups is 1. The Hall–Kier alpha value is -4.14. The Morgan fingerprint density at radius 1 is 1.13 bits per heavy atom. The molecular weight excluding hydrogens is 642 g/mol. The van der Waals surface area contributed by atoms with Crippen molar-refractivity contribution in [2.45, 2.75) is 51.4 Å². The summed E-state index contributed by atoms with van der Waals surface area (Å²) in [6.45, 7) is 6.63. The minimum Gasteiger partial charge on any atom is -0.399 e. The fourth-order valence-electron chi connectivity index (χ4n) is 6.24. The molecule has 2 aliphatic rings. The average Bonchev–Trinajstić information content (AvgIpc) is 3.63. The number of rotatable bonds is 6. The lowest BCUT2D eigenvalue weighted by Gasteiger charge is -2.37. The van der Waals surface area contributed by atoms with Crippen LogP contribution in [0.1, 0.15) is 48.0 Å². The van der Waals surface area contributed by atoms with Crippen molar-refractivity contribution >= 4 is 46.0 Å². The third-order valence-electron chi connectivity index (χ3n) is 8.91. The molecule has 6 heterocycles. The zero-order valence-corrected chi connectivity index (χ0v) is 26.9. The number of benzene rings is 1. The van der Waals surface area contributed by atoms with Crippen LogP contribution in [-0.4, -0.2) is 65.0 Å². The van der Waals surface area contributed by atoms with E-state index < -0.39 is 24.1 Å². The lowest BCUT2D eigenvalue weighted by Crippen LogP contribution is -2.46. The summed E-state index contributed by atoms with van der Waals surface area (Å²) in [5.41, 5.74) is 9.88. The van der Waals surface area contributed by atoms with Crippen LogP contribution in [0, 0.1) is 5.82 Å². The highest BCUT2D eigenvalue weighted by Gasteiger charge is 2.55. The van der Waals surface area contributed by atoms with Crippen molar-refractivity contribution in [1.82, 2.24) is 34.3 Å². The van der Waals surface area contributed by atoms with Gasteiger partial charge in [0.05, 0.1) is 28.7 Å². The van der Waals surface area contributed by atoms with E-state index in [4.69, 9.17) is 15.0 Å². The van der Waals surface area contributed by atoms with Crippen molar-refractivity contribution in [2.75, 3.05) is 12.3 Å². The van der Waals surface area contributed by atoms with Gasteiger partial charge in [0.15, 0.2) is 5.65 Å². The standard InChI is InChI=1S/C31H31BBrFN8O3/c1-30(2)31(3,45-32(44-30)21-5-8-42-26(11-21)38-29(35)39-42)13-18-9-23(34)10-19(27(18)20-14-37-40(4)16-20)17-41-7-6-25-24(28(41)43)12-22(33)15-36-25/h5,8-12,14-16H,6-7,13,17H2,1-4H3,(H2,35,39). The maximum Gasteiger partial charge on any atom is 0.495 e. The summed E-state index contributed by atoms with van der Waals surface area (Å²) >= 11 is 3.43. The topological polar surface area (TPSA) is 126 Å². The molecule has 1 aromatic carbocycles. The van der Waals surface area contributed by atoms with E-state index in [0.29, 0.717) is 36.2 Å². The Kier molecular flexibility index (Phi) is 7.06. The van der Waals surface area contributed by atoms with Crippen molar-refractivity contribution in [3.63, 3.8) is 0 Å². The van der Waals surface area contributed by atoms with Gasteiger partial charge in [-0.1, -0.05) is 0 Å². The number of nitrogen functional groups attached to an aromatic ring is 1. The molecule has 230 valence electrons. The van der Waals surface area contributed by atoms with Gasteiger partial charge in [-0.25, -0.2) is 8.91 Å². The summed E-state index contributed by atoms with van der Waals surface area (Å²) < 4.78 is 32.7. The number of aromatic nitrogens is 6. The van der Waals surface area contributed by atoms with E-state index in [1.165, 1.54) is 6.07 Å². The molecule has 0 spiro atoms. The number of nitrogens with two attached hydrogens (primary N) is 1. The number of nitrogens with zero attached hydrogens (tertiary/aromatic N) is 7. The third kappa shape index (κ3) is 5.30. The third-order valence-corrected chi connectivity index (χ3v) is 9.35. The van der Waals surface area contributed by atoms with Crippen LogP contribution in [0.25, 0.3) is 16.8 Å². The van der Waals surface area contributed by atoms with Crippen LogP contribution in [-0.2, 0) is 35.7 Å². The number of aryl methyl sites for hydroxylation is 1. The smallest absolute Gasteiger partial charge is 0.399 e. The zero-order valence-electron chi connectivity index (χ0n) is 25.3. The summed E-state index contributed by atoms with van der Waals surface area (Å²) in [4.78, 5) is 24.0. The predicted octanol–water partition coefficient (Wildman–Crippen LogP) is 3.73. The molecule has 2 N–H and O–H groups in total. The number of carbonyl (C=O) groups excluding carboxylic acids is 1. The van der Waals surface area contributed by atoms with Crippen molar-refractivity contribution in [2.24, 2.45) is 7.05 Å². The van der Waals surface area contributed by atoms with E-state index in [1.807, 2.05) is 46.1 Å². The maximum atomic E-state index is 15.5. The summed E-state index contributed by atoms with van der Waals surface area (Å²) in [5.74, 6) is -0.355. The van der Waals surface area contributed by atoms with Gasteiger partial charge >= 0.3 is 7.12 Å². The van der Waals surface area contributed by atoms with Crippen LogP contribution in [0.4, 0.5) is 10.3 Å². The second-order valence-electron chi connectivity index (χ2n) is 12.3. The molecule has 5 aromatic rings. The van der Waals surface area contributed by atoms with Gasteiger partial charge in [-0.3, -0.25) is 14.5 Å². The molecule has 1 unspecified atom stereocenters. The fourth-order valence-corrected chi connectivity index (χ4v) is 6.57. The van der Waals surface area contributed by atoms with Gasteiger partial charge in [-0.15, -0.1) is 5.10 Å². The van der Waals surface area contributed by atoms with Crippen molar-refractivity contribution in [3.05, 3.63) is 87.8 Å². The molecule has 11 nitrogen and oxygen atoms in total. The maximum absolute atomic E-state index is 15.5. The van der Waals surface area contributed by atoms with Crippen LogP contribution in [0.5, 0.6) is 0 Å². The second kappa shape index (κ2) is 10.7. The lowest BCUT2D eigenvalue weighted by atomic mass is 9.79. The Labute approximate surface area is 267 Å². The van der Waals surface area contributed by atoms with Crippen LogP contribution in [0.15, 0.2) is 59.6 Å². The molecule has 1 saturated heterocycles. The molecule has 0 aliphatic carbocycles. The molecule has 7 rings (SSSR count). The SMILES string of the molecule is Cn1cc(-c2c(CN3CCc4ncc(Br)cc4C3=O)cc(F)cc2CC2(C)OB(c3ccn4nc(N)nc4c3)OC2(C)C)cn1. The summed E-state index contributed by atoms with van der Waals surface area (Å²) in [5, 5.41) is 8.55. The summed E-state index contributed by atoms with van der Waals surface area (Å²) in [6, 6.07) is 8.54. The second-order valence-corrected chi connectivity index (χ2v) is 13.3. The van der Waals surface area contributed by atoms with Crippen molar-refractivity contribution in [3.8, 4) is 11.1 Å². The van der Waals surface area contributed by atoms with Gasteiger partial charge in [-0.05, 0) is 89.2 Å². The first-order chi connectivity index (χ1) is 21.4. The van der Waals surface area contributed by atoms with Crippen LogP contribution >= 0.6 is 15.9 Å². The van der Waals surface area contributed by atoms with Gasteiger partial charge in [-0.2, -0.15) is 10.1 Å². The van der Waals surface area contributed by atoms with E-state index in [0.717, 1.165) is 32.3 Å². The van der Waals surface area contributed by atoms with Crippen LogP contribution < -0.4 is 11.2 Å². The van der Waals surface area contributed by atoms with E-state index in [-0.39, 0.29) is 18.4 Å². The molecule has 0 saturated carbocycles. The first-order valence-electron chi connectivity index (χ1n) is 14.6. The Bertz CT molecular complexity index is 1980.